The van der Waals surface area contributed by atoms with Crippen molar-refractivity contribution in [3.05, 3.63) is 46.9 Å². The van der Waals surface area contributed by atoms with Crippen molar-refractivity contribution in [2.45, 2.75) is 20.0 Å². The van der Waals surface area contributed by atoms with Crippen molar-refractivity contribution in [3.8, 4) is 22.6 Å². The number of carbonyl (C=O) groups excluding carboxylic acids is 1. The number of esters is 1. The minimum atomic E-state index is -0.665. The maximum atomic E-state index is 11.6. The molecule has 0 amide bonds. The lowest BCUT2D eigenvalue weighted by atomic mass is 10.1. The summed E-state index contributed by atoms with van der Waals surface area (Å²) in [6.07, 6.45) is -0.665. The molecule has 2 aromatic carbocycles. The van der Waals surface area contributed by atoms with Gasteiger partial charge in [0, 0.05) is 0 Å². The molecule has 1 atom stereocenters. The van der Waals surface area contributed by atoms with Gasteiger partial charge < -0.3 is 14.6 Å². The van der Waals surface area contributed by atoms with Crippen LogP contribution in [0.25, 0.3) is 11.1 Å². The lowest BCUT2D eigenvalue weighted by Crippen LogP contribution is -2.26. The van der Waals surface area contributed by atoms with Crippen LogP contribution in [0.5, 0.6) is 11.5 Å². The first-order valence-corrected chi connectivity index (χ1v) is 7.72. The SMILES string of the molecule is CCOC(=O)C(C)Oc1cccc(-c2ccc(O)c(Br)c2)c1. The number of benzene rings is 2. The Morgan fingerprint density at radius 1 is 1.23 bits per heavy atom. The fourth-order valence-corrected chi connectivity index (χ4v) is 2.33. The Kier molecular flexibility index (Phi) is 5.44. The minimum absolute atomic E-state index is 0.187. The van der Waals surface area contributed by atoms with Crippen LogP contribution in [0.15, 0.2) is 46.9 Å². The Hall–Kier alpha value is -2.01. The Morgan fingerprint density at radius 2 is 1.95 bits per heavy atom. The first-order valence-electron chi connectivity index (χ1n) is 6.93. The standard InChI is InChI=1S/C17H17BrO4/c1-3-21-17(20)11(2)22-14-6-4-5-12(9-14)13-7-8-16(19)15(18)10-13/h4-11,19H,3H2,1-2H3. The van der Waals surface area contributed by atoms with Crippen molar-refractivity contribution in [1.29, 1.82) is 0 Å². The maximum Gasteiger partial charge on any atom is 0.347 e. The highest BCUT2D eigenvalue weighted by Crippen LogP contribution is 2.31. The second kappa shape index (κ2) is 7.31. The number of carbonyl (C=O) groups is 1. The summed E-state index contributed by atoms with van der Waals surface area (Å²) in [5.41, 5.74) is 1.85. The number of hydrogen-bond donors (Lipinski definition) is 1. The van der Waals surface area contributed by atoms with Crippen LogP contribution in [-0.2, 0) is 9.53 Å². The molecular weight excluding hydrogens is 348 g/mol. The predicted molar refractivity (Wildman–Crippen MR) is 88.0 cm³/mol. The third kappa shape index (κ3) is 4.01. The van der Waals surface area contributed by atoms with Crippen LogP contribution in [0.2, 0.25) is 0 Å². The summed E-state index contributed by atoms with van der Waals surface area (Å²) in [6.45, 7) is 3.74. The normalized spacial score (nSPS) is 11.8. The maximum absolute atomic E-state index is 11.6. The molecule has 4 nitrogen and oxygen atoms in total. The average Bonchev–Trinajstić information content (AvgIpc) is 2.50. The number of phenols is 1. The predicted octanol–water partition coefficient (Wildman–Crippen LogP) is 4.15. The van der Waals surface area contributed by atoms with Crippen molar-refractivity contribution in [2.24, 2.45) is 0 Å². The summed E-state index contributed by atoms with van der Waals surface area (Å²) in [5.74, 6) is 0.384. The number of aromatic hydroxyl groups is 1. The smallest absolute Gasteiger partial charge is 0.347 e. The van der Waals surface area contributed by atoms with E-state index in [1.165, 1.54) is 0 Å². The number of halogens is 1. The molecule has 0 radical (unpaired) electrons. The Labute approximate surface area is 137 Å². The zero-order valence-electron chi connectivity index (χ0n) is 12.4. The summed E-state index contributed by atoms with van der Waals surface area (Å²) >= 11 is 3.30. The van der Waals surface area contributed by atoms with Crippen LogP contribution >= 0.6 is 15.9 Å². The molecule has 5 heteroatoms. The fraction of sp³-hybridized carbons (Fsp3) is 0.235. The van der Waals surface area contributed by atoms with E-state index in [4.69, 9.17) is 9.47 Å². The third-order valence-electron chi connectivity index (χ3n) is 3.05. The third-order valence-corrected chi connectivity index (χ3v) is 3.68. The Balaban J connectivity index is 2.19. The number of phenolic OH excluding ortho intramolecular Hbond substituents is 1. The van der Waals surface area contributed by atoms with Gasteiger partial charge in [-0.3, -0.25) is 0 Å². The van der Waals surface area contributed by atoms with Crippen molar-refractivity contribution >= 4 is 21.9 Å². The van der Waals surface area contributed by atoms with Crippen molar-refractivity contribution in [1.82, 2.24) is 0 Å². The van der Waals surface area contributed by atoms with Crippen LogP contribution < -0.4 is 4.74 Å². The van der Waals surface area contributed by atoms with Gasteiger partial charge in [0.2, 0.25) is 0 Å². The van der Waals surface area contributed by atoms with Crippen LogP contribution in [0.3, 0.4) is 0 Å². The topological polar surface area (TPSA) is 55.8 Å². The zero-order chi connectivity index (χ0) is 16.1. The van der Waals surface area contributed by atoms with Crippen LogP contribution in [0, 0.1) is 0 Å². The van der Waals surface area contributed by atoms with Gasteiger partial charge in [0.05, 0.1) is 11.1 Å². The minimum Gasteiger partial charge on any atom is -0.507 e. The van der Waals surface area contributed by atoms with Gasteiger partial charge in [0.1, 0.15) is 11.5 Å². The Bertz CT molecular complexity index is 669. The number of rotatable bonds is 5. The number of ether oxygens (including phenoxy) is 2. The van der Waals surface area contributed by atoms with E-state index >= 15 is 0 Å². The van der Waals surface area contributed by atoms with Gasteiger partial charge in [-0.15, -0.1) is 0 Å². The molecule has 0 aromatic heterocycles. The molecule has 2 rings (SSSR count). The molecule has 1 unspecified atom stereocenters. The molecule has 116 valence electrons. The van der Waals surface area contributed by atoms with Crippen molar-refractivity contribution in [3.63, 3.8) is 0 Å². The van der Waals surface area contributed by atoms with Crippen LogP contribution in [0.4, 0.5) is 0 Å². The number of hydrogen-bond acceptors (Lipinski definition) is 4. The van der Waals surface area contributed by atoms with Gasteiger partial charge >= 0.3 is 5.97 Å². The first-order chi connectivity index (χ1) is 10.5. The van der Waals surface area contributed by atoms with Crippen molar-refractivity contribution in [2.75, 3.05) is 6.61 Å². The van der Waals surface area contributed by atoms with E-state index in [1.54, 1.807) is 26.0 Å². The molecule has 0 heterocycles. The van der Waals surface area contributed by atoms with E-state index in [-0.39, 0.29) is 11.7 Å². The molecule has 0 fully saturated rings. The molecule has 0 saturated carbocycles. The van der Waals surface area contributed by atoms with E-state index in [2.05, 4.69) is 15.9 Å². The molecule has 0 aliphatic heterocycles. The summed E-state index contributed by atoms with van der Waals surface area (Å²) in [6, 6.07) is 12.7. The van der Waals surface area contributed by atoms with Gasteiger partial charge in [-0.05, 0) is 65.2 Å². The second-order valence-corrected chi connectivity index (χ2v) is 5.56. The van der Waals surface area contributed by atoms with Gasteiger partial charge in [0.15, 0.2) is 6.10 Å². The highest BCUT2D eigenvalue weighted by molar-refractivity contribution is 9.10. The van der Waals surface area contributed by atoms with Crippen LogP contribution in [0.1, 0.15) is 13.8 Å². The van der Waals surface area contributed by atoms with Gasteiger partial charge in [0.25, 0.3) is 0 Å². The summed E-state index contributed by atoms with van der Waals surface area (Å²) in [7, 11) is 0. The molecule has 2 aromatic rings. The molecule has 1 N–H and O–H groups in total. The van der Waals surface area contributed by atoms with Gasteiger partial charge in [-0.1, -0.05) is 18.2 Å². The van der Waals surface area contributed by atoms with Gasteiger partial charge in [-0.2, -0.15) is 0 Å². The average molecular weight is 365 g/mol. The summed E-state index contributed by atoms with van der Waals surface area (Å²) in [5, 5.41) is 9.55. The highest BCUT2D eigenvalue weighted by Gasteiger charge is 2.15. The van der Waals surface area contributed by atoms with E-state index < -0.39 is 6.10 Å². The molecule has 0 spiro atoms. The van der Waals surface area contributed by atoms with E-state index in [9.17, 15) is 9.90 Å². The van der Waals surface area contributed by atoms with Crippen molar-refractivity contribution < 1.29 is 19.4 Å². The van der Waals surface area contributed by atoms with Crippen LogP contribution in [-0.4, -0.2) is 23.8 Å². The fourth-order valence-electron chi connectivity index (χ4n) is 1.95. The largest absolute Gasteiger partial charge is 0.507 e. The Morgan fingerprint density at radius 3 is 2.64 bits per heavy atom. The molecule has 0 aliphatic rings. The molecule has 22 heavy (non-hydrogen) atoms. The quantitative estimate of drug-likeness (QED) is 0.809. The van der Waals surface area contributed by atoms with E-state index in [0.717, 1.165) is 11.1 Å². The first kappa shape index (κ1) is 16.4. The molecule has 0 saturated heterocycles. The molecular formula is C17H17BrO4. The van der Waals surface area contributed by atoms with E-state index in [1.807, 2.05) is 30.3 Å². The lowest BCUT2D eigenvalue weighted by molar-refractivity contribution is -0.150. The highest BCUT2D eigenvalue weighted by atomic mass is 79.9. The molecule has 0 bridgehead atoms. The lowest BCUT2D eigenvalue weighted by Gasteiger charge is -2.14. The monoisotopic (exact) mass is 364 g/mol. The van der Waals surface area contributed by atoms with Gasteiger partial charge in [-0.25, -0.2) is 4.79 Å². The molecule has 0 aliphatic carbocycles. The second-order valence-electron chi connectivity index (χ2n) is 4.71. The van der Waals surface area contributed by atoms with E-state index in [0.29, 0.717) is 16.8 Å². The summed E-state index contributed by atoms with van der Waals surface area (Å²) in [4.78, 5) is 11.6. The summed E-state index contributed by atoms with van der Waals surface area (Å²) < 4.78 is 11.2. The zero-order valence-corrected chi connectivity index (χ0v) is 14.0.